The first-order valence-corrected chi connectivity index (χ1v) is 7.13. The van der Waals surface area contributed by atoms with Gasteiger partial charge in [0.1, 0.15) is 0 Å². The van der Waals surface area contributed by atoms with E-state index in [1.807, 2.05) is 12.1 Å². The van der Waals surface area contributed by atoms with Crippen LogP contribution in [0, 0.1) is 6.92 Å². The normalized spacial score (nSPS) is 10.7. The van der Waals surface area contributed by atoms with Crippen LogP contribution in [-0.2, 0) is 6.54 Å². The number of rotatable bonds is 4. The summed E-state index contributed by atoms with van der Waals surface area (Å²) in [5.41, 5.74) is 4.69. The minimum Gasteiger partial charge on any atom is -0.313 e. The predicted molar refractivity (Wildman–Crippen MR) is 84.0 cm³/mol. The fraction of sp³-hybridized carbons (Fsp3) is 0.250. The molecule has 0 spiro atoms. The molecule has 1 N–H and O–H groups in total. The van der Waals surface area contributed by atoms with E-state index >= 15 is 0 Å². The highest BCUT2D eigenvalue weighted by molar-refractivity contribution is 6.36. The van der Waals surface area contributed by atoms with Gasteiger partial charge in [0.2, 0.25) is 0 Å². The van der Waals surface area contributed by atoms with Crippen molar-refractivity contribution in [3.8, 4) is 11.1 Å². The molecule has 19 heavy (non-hydrogen) atoms. The average Bonchev–Trinajstić information content (AvgIpc) is 2.37. The Balaban J connectivity index is 2.35. The van der Waals surface area contributed by atoms with Gasteiger partial charge in [0.15, 0.2) is 0 Å². The molecule has 0 aliphatic heterocycles. The van der Waals surface area contributed by atoms with E-state index in [2.05, 4.69) is 37.4 Å². The number of hydrogen-bond acceptors (Lipinski definition) is 1. The molecule has 0 heterocycles. The van der Waals surface area contributed by atoms with Gasteiger partial charge in [0.25, 0.3) is 0 Å². The average molecular weight is 294 g/mol. The molecule has 0 radical (unpaired) electrons. The topological polar surface area (TPSA) is 12.0 Å². The molecule has 2 aromatic rings. The maximum absolute atomic E-state index is 6.26. The molecule has 0 bridgehead atoms. The van der Waals surface area contributed by atoms with Gasteiger partial charge in [-0.3, -0.25) is 0 Å². The van der Waals surface area contributed by atoms with Gasteiger partial charge >= 0.3 is 0 Å². The highest BCUT2D eigenvalue weighted by Gasteiger charge is 2.07. The van der Waals surface area contributed by atoms with Gasteiger partial charge in [-0.1, -0.05) is 54.4 Å². The molecule has 1 nitrogen and oxygen atoms in total. The van der Waals surface area contributed by atoms with Gasteiger partial charge in [0.05, 0.1) is 0 Å². The molecule has 0 saturated carbocycles. The summed E-state index contributed by atoms with van der Waals surface area (Å²) in [7, 11) is 0. The smallest absolute Gasteiger partial charge is 0.0499 e. The van der Waals surface area contributed by atoms with Gasteiger partial charge in [0, 0.05) is 22.2 Å². The van der Waals surface area contributed by atoms with Gasteiger partial charge in [-0.25, -0.2) is 0 Å². The van der Waals surface area contributed by atoms with Crippen LogP contribution in [0.1, 0.15) is 18.1 Å². The first-order valence-electron chi connectivity index (χ1n) is 6.37. The third-order valence-corrected chi connectivity index (χ3v) is 3.64. The molecule has 2 rings (SSSR count). The summed E-state index contributed by atoms with van der Waals surface area (Å²) in [5, 5.41) is 4.68. The van der Waals surface area contributed by atoms with Crippen LogP contribution in [0.5, 0.6) is 0 Å². The van der Waals surface area contributed by atoms with E-state index in [-0.39, 0.29) is 0 Å². The van der Waals surface area contributed by atoms with Crippen molar-refractivity contribution in [2.24, 2.45) is 0 Å². The van der Waals surface area contributed by atoms with E-state index in [1.165, 1.54) is 11.1 Å². The van der Waals surface area contributed by atoms with E-state index in [1.54, 1.807) is 6.07 Å². The maximum atomic E-state index is 6.26. The monoisotopic (exact) mass is 293 g/mol. The van der Waals surface area contributed by atoms with Crippen LogP contribution < -0.4 is 5.32 Å². The minimum absolute atomic E-state index is 0.662. The summed E-state index contributed by atoms with van der Waals surface area (Å²) in [6.07, 6.45) is 0. The highest BCUT2D eigenvalue weighted by Crippen LogP contribution is 2.32. The molecule has 0 fully saturated rings. The van der Waals surface area contributed by atoms with Gasteiger partial charge in [-0.2, -0.15) is 0 Å². The molecule has 0 saturated heterocycles. The Bertz CT molecular complexity index is 579. The summed E-state index contributed by atoms with van der Waals surface area (Å²) < 4.78 is 0. The quantitative estimate of drug-likeness (QED) is 0.829. The second-order valence-electron chi connectivity index (χ2n) is 4.55. The van der Waals surface area contributed by atoms with Crippen molar-refractivity contribution in [2.45, 2.75) is 20.4 Å². The van der Waals surface area contributed by atoms with Crippen molar-refractivity contribution >= 4 is 23.2 Å². The Morgan fingerprint density at radius 3 is 2.37 bits per heavy atom. The molecule has 0 aromatic heterocycles. The summed E-state index contributed by atoms with van der Waals surface area (Å²) in [6.45, 7) is 6.08. The van der Waals surface area contributed by atoms with Crippen LogP contribution in [0.3, 0.4) is 0 Å². The van der Waals surface area contributed by atoms with E-state index in [0.717, 1.165) is 24.2 Å². The van der Waals surface area contributed by atoms with Crippen LogP contribution in [0.15, 0.2) is 36.4 Å². The fourth-order valence-electron chi connectivity index (χ4n) is 2.12. The Kier molecular flexibility index (Phi) is 4.87. The molecule has 0 aliphatic rings. The molecule has 0 unspecified atom stereocenters. The summed E-state index contributed by atoms with van der Waals surface area (Å²) in [5.74, 6) is 0. The van der Waals surface area contributed by atoms with Crippen molar-refractivity contribution in [3.63, 3.8) is 0 Å². The van der Waals surface area contributed by atoms with Gasteiger partial charge < -0.3 is 5.32 Å². The van der Waals surface area contributed by atoms with Crippen LogP contribution in [-0.4, -0.2) is 6.54 Å². The van der Waals surface area contributed by atoms with Crippen molar-refractivity contribution in [1.82, 2.24) is 5.32 Å². The predicted octanol–water partition coefficient (Wildman–Crippen LogP) is 5.08. The number of hydrogen-bond donors (Lipinski definition) is 1. The van der Waals surface area contributed by atoms with E-state index in [4.69, 9.17) is 23.2 Å². The maximum Gasteiger partial charge on any atom is 0.0499 e. The van der Waals surface area contributed by atoms with Gasteiger partial charge in [-0.05, 0) is 42.3 Å². The first-order chi connectivity index (χ1) is 9.11. The van der Waals surface area contributed by atoms with Crippen LogP contribution in [0.2, 0.25) is 10.0 Å². The number of benzene rings is 2. The van der Waals surface area contributed by atoms with E-state index < -0.39 is 0 Å². The summed E-state index contributed by atoms with van der Waals surface area (Å²) in [6, 6.07) is 12.1. The Morgan fingerprint density at radius 2 is 1.74 bits per heavy atom. The molecule has 0 atom stereocenters. The van der Waals surface area contributed by atoms with Crippen LogP contribution in [0.25, 0.3) is 11.1 Å². The molecular formula is C16H17Cl2N. The first kappa shape index (κ1) is 14.4. The number of nitrogens with one attached hydrogen (secondary N) is 1. The molecule has 0 aliphatic carbocycles. The zero-order chi connectivity index (χ0) is 13.8. The highest BCUT2D eigenvalue weighted by atomic mass is 35.5. The third-order valence-electron chi connectivity index (χ3n) is 3.09. The van der Waals surface area contributed by atoms with Crippen molar-refractivity contribution < 1.29 is 0 Å². The number of aryl methyl sites for hydroxylation is 1. The SMILES string of the molecule is CCNCc1ccc(-c2ccc(Cl)cc2Cl)c(C)c1. The second kappa shape index (κ2) is 6.42. The molecule has 100 valence electrons. The largest absolute Gasteiger partial charge is 0.313 e. The summed E-state index contributed by atoms with van der Waals surface area (Å²) in [4.78, 5) is 0. The van der Waals surface area contributed by atoms with Crippen molar-refractivity contribution in [2.75, 3.05) is 6.54 Å². The molecular weight excluding hydrogens is 277 g/mol. The Hall–Kier alpha value is -1.02. The molecule has 3 heteroatoms. The van der Waals surface area contributed by atoms with Crippen molar-refractivity contribution in [3.05, 3.63) is 57.6 Å². The van der Waals surface area contributed by atoms with E-state index in [0.29, 0.717) is 10.0 Å². The zero-order valence-corrected chi connectivity index (χ0v) is 12.6. The third kappa shape index (κ3) is 3.50. The van der Waals surface area contributed by atoms with Gasteiger partial charge in [-0.15, -0.1) is 0 Å². The van der Waals surface area contributed by atoms with E-state index in [9.17, 15) is 0 Å². The zero-order valence-electron chi connectivity index (χ0n) is 11.1. The lowest BCUT2D eigenvalue weighted by atomic mass is 9.98. The lowest BCUT2D eigenvalue weighted by molar-refractivity contribution is 0.726. The van der Waals surface area contributed by atoms with Crippen molar-refractivity contribution in [1.29, 1.82) is 0 Å². The van der Waals surface area contributed by atoms with Crippen LogP contribution >= 0.6 is 23.2 Å². The Morgan fingerprint density at radius 1 is 1.00 bits per heavy atom. The Labute approximate surface area is 124 Å². The molecule has 0 amide bonds. The summed E-state index contributed by atoms with van der Waals surface area (Å²) >= 11 is 12.2. The fourth-order valence-corrected chi connectivity index (χ4v) is 2.63. The molecule has 2 aromatic carbocycles. The second-order valence-corrected chi connectivity index (χ2v) is 5.40. The number of halogens is 2. The lowest BCUT2D eigenvalue weighted by Gasteiger charge is -2.11. The lowest BCUT2D eigenvalue weighted by Crippen LogP contribution is -2.11. The standard InChI is InChI=1S/C16H17Cl2N/c1-3-19-10-12-4-6-14(11(2)8-12)15-7-5-13(17)9-16(15)18/h4-9,19H,3,10H2,1-2H3. The van der Waals surface area contributed by atoms with Crippen LogP contribution in [0.4, 0.5) is 0 Å². The minimum atomic E-state index is 0.662.